The fourth-order valence-electron chi connectivity index (χ4n) is 9.89. The Labute approximate surface area is 497 Å². The van der Waals surface area contributed by atoms with E-state index in [1.165, 1.54) is 0 Å². The number of esters is 4. The third kappa shape index (κ3) is 19.2. The van der Waals surface area contributed by atoms with Crippen molar-refractivity contribution >= 4 is 35.0 Å². The van der Waals surface area contributed by atoms with E-state index in [0.717, 1.165) is 44.5 Å². The van der Waals surface area contributed by atoms with Crippen LogP contribution >= 0.6 is 0 Å². The molecular formula is C71H100O12. The maximum Gasteiger partial charge on any atom is 0.306 e. The molecule has 0 aliphatic rings. The molecule has 0 heterocycles. The van der Waals surface area contributed by atoms with Gasteiger partial charge in [-0.3, -0.25) is 19.2 Å². The van der Waals surface area contributed by atoms with Gasteiger partial charge >= 0.3 is 23.9 Å². The number of hydrogen-bond donors (Lipinski definition) is 4. The minimum Gasteiger partial charge on any atom is -0.507 e. The molecular weight excluding hydrogens is 1040 g/mol. The van der Waals surface area contributed by atoms with Crippen molar-refractivity contribution in [2.24, 2.45) is 5.41 Å². The number of hydrogen-bond acceptors (Lipinski definition) is 12. The summed E-state index contributed by atoms with van der Waals surface area (Å²) in [5.41, 5.74) is 6.04. The second kappa shape index (κ2) is 26.6. The second-order valence-corrected chi connectivity index (χ2v) is 29.4. The summed E-state index contributed by atoms with van der Waals surface area (Å²) in [7, 11) is 0. The number of aryl methyl sites for hydroxylation is 4. The van der Waals surface area contributed by atoms with Crippen LogP contribution in [-0.4, -0.2) is 70.7 Å². The van der Waals surface area contributed by atoms with Gasteiger partial charge in [-0.15, -0.1) is 0 Å². The van der Waals surface area contributed by atoms with E-state index in [1.807, 2.05) is 173 Å². The molecule has 4 N–H and O–H groups in total. The third-order valence-electron chi connectivity index (χ3n) is 15.1. The summed E-state index contributed by atoms with van der Waals surface area (Å²) in [4.78, 5) is 56.1. The van der Waals surface area contributed by atoms with Gasteiger partial charge in [0.05, 0.1) is 0 Å². The van der Waals surface area contributed by atoms with Gasteiger partial charge in [0.1, 0.15) is 54.8 Å². The molecule has 0 fully saturated rings. The van der Waals surface area contributed by atoms with Crippen LogP contribution in [0.1, 0.15) is 231 Å². The van der Waals surface area contributed by atoms with E-state index in [9.17, 15) is 39.6 Å². The molecule has 83 heavy (non-hydrogen) atoms. The normalized spacial score (nSPS) is 12.7. The van der Waals surface area contributed by atoms with Gasteiger partial charge in [0.2, 0.25) is 0 Å². The van der Waals surface area contributed by atoms with Crippen LogP contribution in [0.5, 0.6) is 23.0 Å². The van der Waals surface area contributed by atoms with Gasteiger partial charge in [-0.25, -0.2) is 0 Å². The van der Waals surface area contributed by atoms with E-state index in [1.54, 1.807) is 13.8 Å². The van der Waals surface area contributed by atoms with Crippen LogP contribution in [0.25, 0.3) is 11.1 Å². The quantitative estimate of drug-likeness (QED) is 0.0432. The topological polar surface area (TPSA) is 186 Å². The number of carbonyl (C=O) groups excluding carboxylic acids is 4. The van der Waals surface area contributed by atoms with Crippen molar-refractivity contribution in [1.29, 1.82) is 0 Å². The van der Waals surface area contributed by atoms with Gasteiger partial charge in [-0.05, 0) is 140 Å². The number of ether oxygens (including phenoxy) is 4. The predicted octanol–water partition coefficient (Wildman–Crippen LogP) is 15.4. The third-order valence-corrected chi connectivity index (χ3v) is 15.1. The Kier molecular flexibility index (Phi) is 22.1. The van der Waals surface area contributed by atoms with Gasteiger partial charge in [0.15, 0.2) is 0 Å². The maximum atomic E-state index is 14.0. The van der Waals surface area contributed by atoms with Gasteiger partial charge in [0.25, 0.3) is 0 Å². The lowest BCUT2D eigenvalue weighted by Gasteiger charge is -2.32. The first kappa shape index (κ1) is 68.9. The number of allylic oxidation sites excluding steroid dienone is 2. The molecule has 4 aromatic rings. The highest BCUT2D eigenvalue weighted by molar-refractivity contribution is 5.74. The molecule has 0 unspecified atom stereocenters. The molecule has 4 rings (SSSR count). The van der Waals surface area contributed by atoms with E-state index in [4.69, 9.17) is 18.9 Å². The monoisotopic (exact) mass is 1140 g/mol. The summed E-state index contributed by atoms with van der Waals surface area (Å²) in [6.45, 7) is 46.0. The lowest BCUT2D eigenvalue weighted by molar-refractivity contribution is -0.170. The first-order valence-corrected chi connectivity index (χ1v) is 29.3. The van der Waals surface area contributed by atoms with Crippen molar-refractivity contribution in [1.82, 2.24) is 0 Å². The van der Waals surface area contributed by atoms with Crippen molar-refractivity contribution in [3.63, 3.8) is 0 Å². The lowest BCUT2D eigenvalue weighted by Crippen LogP contribution is -2.44. The second-order valence-electron chi connectivity index (χ2n) is 29.4. The summed E-state index contributed by atoms with van der Waals surface area (Å²) >= 11 is 0. The lowest BCUT2D eigenvalue weighted by atomic mass is 9.78. The number of rotatable bonds is 22. The number of phenols is 4. The summed E-state index contributed by atoms with van der Waals surface area (Å²) in [5.74, 6) is -1.76. The van der Waals surface area contributed by atoms with Crippen LogP contribution in [0.2, 0.25) is 0 Å². The van der Waals surface area contributed by atoms with Crippen LogP contribution in [-0.2, 0) is 96.3 Å². The standard InChI is InChI=1S/C71H100O12/c1-43(2)49-31-45(33-51(61(49)76)65(5,6)7)23-27-57(72)80-39-71(40-81-58(73)28-24-46-32-50(44(3)4)62(77)52(34-46)66(8,9)10,41-82-59(74)29-25-47-35-53(67(11,12)13)63(78)54(36-47)68(14,15)16)42-83-60(75)30-26-48-37-55(69(17,18)19)64(79)56(38-48)70(20,21)22/h31-38,76-79H,1,3,23-30,39-42H2,2,4-22H3. The van der Waals surface area contributed by atoms with Crippen LogP contribution in [0.3, 0.4) is 0 Å². The molecule has 0 aliphatic heterocycles. The van der Waals surface area contributed by atoms with E-state index >= 15 is 0 Å². The van der Waals surface area contributed by atoms with Crippen molar-refractivity contribution in [3.8, 4) is 23.0 Å². The highest BCUT2D eigenvalue weighted by atomic mass is 16.6. The highest BCUT2D eigenvalue weighted by Crippen LogP contribution is 2.43. The van der Waals surface area contributed by atoms with Gasteiger partial charge in [-0.1, -0.05) is 174 Å². The molecule has 0 amide bonds. The van der Waals surface area contributed by atoms with E-state index in [2.05, 4.69) is 13.2 Å². The fraction of sp³-hybridized carbons (Fsp3) is 0.549. The molecule has 12 nitrogen and oxygen atoms in total. The van der Waals surface area contributed by atoms with E-state index in [-0.39, 0.29) is 74.4 Å². The Balaban J connectivity index is 1.75. The Morgan fingerprint density at radius 3 is 0.699 bits per heavy atom. The maximum absolute atomic E-state index is 14.0. The van der Waals surface area contributed by atoms with E-state index in [0.29, 0.717) is 33.4 Å². The zero-order valence-electron chi connectivity index (χ0n) is 54.1. The molecule has 0 spiro atoms. The average Bonchev–Trinajstić information content (AvgIpc) is 3.39. The Morgan fingerprint density at radius 2 is 0.518 bits per heavy atom. The number of benzene rings is 4. The SMILES string of the molecule is C=C(C)c1cc(CCC(=O)OCC(COC(=O)CCc2cc(C(=C)C)c(O)c(C(C)(C)C)c2)(COC(=O)CCc2cc(C(C)(C)C)c(O)c(C(C)(C)C)c2)COC(=O)CCc2cc(C(C)(C)C)c(O)c(C(C)(C)C)c2)cc(C(C)(C)C)c1O. The summed E-state index contributed by atoms with van der Waals surface area (Å²) in [6, 6.07) is 15.0. The van der Waals surface area contributed by atoms with Crippen LogP contribution in [0.15, 0.2) is 61.7 Å². The summed E-state index contributed by atoms with van der Waals surface area (Å²) in [5, 5.41) is 45.2. The number of phenolic OH excluding ortho intramolecular Hbond substituents is 4. The Hall–Kier alpha value is -6.56. The molecule has 12 heteroatoms. The minimum atomic E-state index is -1.60. The van der Waals surface area contributed by atoms with Crippen molar-refractivity contribution in [2.45, 2.75) is 222 Å². The molecule has 0 bridgehead atoms. The molecule has 0 aromatic heterocycles. The van der Waals surface area contributed by atoms with Gasteiger partial charge < -0.3 is 39.4 Å². The fourth-order valence-corrected chi connectivity index (χ4v) is 9.89. The Morgan fingerprint density at radius 1 is 0.337 bits per heavy atom. The van der Waals surface area contributed by atoms with E-state index < -0.39 is 88.2 Å². The van der Waals surface area contributed by atoms with Crippen molar-refractivity contribution in [2.75, 3.05) is 26.4 Å². The van der Waals surface area contributed by atoms with Crippen LogP contribution in [0, 0.1) is 5.41 Å². The van der Waals surface area contributed by atoms with Crippen LogP contribution < -0.4 is 0 Å². The highest BCUT2D eigenvalue weighted by Gasteiger charge is 2.39. The zero-order chi connectivity index (χ0) is 63.2. The smallest absolute Gasteiger partial charge is 0.306 e. The molecule has 0 radical (unpaired) electrons. The molecule has 0 saturated heterocycles. The van der Waals surface area contributed by atoms with Crippen LogP contribution in [0.4, 0.5) is 0 Å². The zero-order valence-corrected chi connectivity index (χ0v) is 54.1. The molecule has 0 atom stereocenters. The van der Waals surface area contributed by atoms with Crippen molar-refractivity contribution in [3.05, 3.63) is 128 Å². The van der Waals surface area contributed by atoms with Gasteiger partial charge in [0, 0.05) is 47.9 Å². The average molecular weight is 1150 g/mol. The first-order valence-electron chi connectivity index (χ1n) is 29.3. The molecule has 0 saturated carbocycles. The largest absolute Gasteiger partial charge is 0.507 e. The summed E-state index contributed by atoms with van der Waals surface area (Å²) in [6.07, 6.45) is 0.700. The summed E-state index contributed by atoms with van der Waals surface area (Å²) < 4.78 is 24.2. The molecule has 0 aliphatic carbocycles. The number of aromatic hydroxyl groups is 4. The number of carbonyl (C=O) groups is 4. The Bertz CT molecular complexity index is 2760. The first-order chi connectivity index (χ1) is 37.8. The van der Waals surface area contributed by atoms with Crippen molar-refractivity contribution < 1.29 is 58.6 Å². The van der Waals surface area contributed by atoms with Gasteiger partial charge in [-0.2, -0.15) is 0 Å². The minimum absolute atomic E-state index is 0.0716. The predicted molar refractivity (Wildman–Crippen MR) is 334 cm³/mol. The molecule has 4 aromatic carbocycles. The molecule has 456 valence electrons.